The monoisotopic (exact) mass is 375 g/mol. The normalized spacial score (nSPS) is 15.3. The number of hydrogen-bond donors (Lipinski definition) is 0. The summed E-state index contributed by atoms with van der Waals surface area (Å²) in [6, 6.07) is 12.0. The highest BCUT2D eigenvalue weighted by molar-refractivity contribution is 8.22. The molecule has 7 heteroatoms. The molecule has 0 radical (unpaired) electrons. The predicted molar refractivity (Wildman–Crippen MR) is 105 cm³/mol. The summed E-state index contributed by atoms with van der Waals surface area (Å²) in [6.07, 6.45) is 1.82. The quantitative estimate of drug-likeness (QED) is 0.717. The topological polar surface area (TPSA) is 37.8 Å². The second-order valence-electron chi connectivity index (χ2n) is 5.72. The Hall–Kier alpha value is -1.83. The maximum atomic E-state index is 5.51. The molecule has 1 aliphatic heterocycles. The van der Waals surface area contributed by atoms with Gasteiger partial charge in [0.05, 0.1) is 39.0 Å². The summed E-state index contributed by atoms with van der Waals surface area (Å²) in [5, 5.41) is 0. The first-order valence-electron chi connectivity index (χ1n) is 7.94. The molecule has 0 unspecified atom stereocenters. The Kier molecular flexibility index (Phi) is 6.12. The minimum Gasteiger partial charge on any atom is -0.493 e. The smallest absolute Gasteiger partial charge is 0.161 e. The number of hydrogen-bond acceptors (Lipinski definition) is 6. The van der Waals surface area contributed by atoms with Crippen molar-refractivity contribution in [1.29, 1.82) is 0 Å². The minimum absolute atomic E-state index is 0.731. The van der Waals surface area contributed by atoms with Gasteiger partial charge >= 0.3 is 0 Å². The lowest BCUT2D eigenvalue weighted by atomic mass is 10.2. The van der Waals surface area contributed by atoms with Crippen LogP contribution in [-0.4, -0.2) is 45.9 Å². The Balaban J connectivity index is 1.66. The van der Waals surface area contributed by atoms with Crippen LogP contribution in [0.4, 0.5) is 0 Å². The molecule has 2 aromatic rings. The zero-order chi connectivity index (χ0) is 17.6. The van der Waals surface area contributed by atoms with E-state index in [0.29, 0.717) is 0 Å². The maximum absolute atomic E-state index is 5.51. The van der Waals surface area contributed by atoms with Gasteiger partial charge < -0.3 is 14.4 Å². The number of nitrogens with zero attached hydrogens (tertiary/aromatic N) is 3. The molecule has 0 bridgehead atoms. The summed E-state index contributed by atoms with van der Waals surface area (Å²) in [5.74, 6) is 2.38. The molecule has 1 aliphatic rings. The molecule has 2 heterocycles. The van der Waals surface area contributed by atoms with Gasteiger partial charge in [0.1, 0.15) is 4.32 Å². The number of rotatable bonds is 6. The number of benzene rings is 1. The van der Waals surface area contributed by atoms with Crippen molar-refractivity contribution in [2.24, 2.45) is 0 Å². The van der Waals surface area contributed by atoms with Crippen LogP contribution in [0.3, 0.4) is 0 Å². The largest absolute Gasteiger partial charge is 0.493 e. The van der Waals surface area contributed by atoms with Gasteiger partial charge in [0.25, 0.3) is 0 Å². The molecular weight excluding hydrogens is 354 g/mol. The molecule has 0 atom stereocenters. The lowest BCUT2D eigenvalue weighted by Crippen LogP contribution is -2.43. The number of thiocarbonyl (C=S) groups is 1. The molecule has 0 amide bonds. The Labute approximate surface area is 157 Å². The zero-order valence-electron chi connectivity index (χ0n) is 14.3. The maximum Gasteiger partial charge on any atom is 0.161 e. The van der Waals surface area contributed by atoms with E-state index in [0.717, 1.165) is 47.1 Å². The number of pyridine rings is 1. The molecule has 1 aromatic heterocycles. The van der Waals surface area contributed by atoms with Crippen LogP contribution in [0.2, 0.25) is 0 Å². The van der Waals surface area contributed by atoms with Gasteiger partial charge in [-0.3, -0.25) is 9.88 Å². The number of methoxy groups -OCH3 is 2. The highest BCUT2D eigenvalue weighted by Gasteiger charge is 2.22. The van der Waals surface area contributed by atoms with Gasteiger partial charge in [-0.05, 0) is 29.8 Å². The second-order valence-corrected chi connectivity index (χ2v) is 7.30. The average Bonchev–Trinajstić information content (AvgIpc) is 2.65. The van der Waals surface area contributed by atoms with Crippen LogP contribution >= 0.6 is 24.0 Å². The fraction of sp³-hybridized carbons (Fsp3) is 0.333. The van der Waals surface area contributed by atoms with E-state index in [9.17, 15) is 0 Å². The first-order valence-corrected chi connectivity index (χ1v) is 9.34. The van der Waals surface area contributed by atoms with Gasteiger partial charge in [0, 0.05) is 12.7 Å². The van der Waals surface area contributed by atoms with E-state index in [-0.39, 0.29) is 0 Å². The van der Waals surface area contributed by atoms with Crippen molar-refractivity contribution in [2.45, 2.75) is 13.1 Å². The molecule has 0 aliphatic carbocycles. The van der Waals surface area contributed by atoms with E-state index in [2.05, 4.69) is 20.9 Å². The molecular formula is C18H21N3O2S2. The van der Waals surface area contributed by atoms with Gasteiger partial charge in [-0.15, -0.1) is 0 Å². The van der Waals surface area contributed by atoms with Crippen LogP contribution in [0.25, 0.3) is 0 Å². The summed E-state index contributed by atoms with van der Waals surface area (Å²) in [7, 11) is 3.31. The predicted octanol–water partition coefficient (Wildman–Crippen LogP) is 3.35. The molecule has 1 aromatic carbocycles. The Morgan fingerprint density at radius 3 is 2.68 bits per heavy atom. The van der Waals surface area contributed by atoms with Gasteiger partial charge in [0.2, 0.25) is 0 Å². The first-order chi connectivity index (χ1) is 12.2. The van der Waals surface area contributed by atoms with Crippen molar-refractivity contribution >= 4 is 28.3 Å². The summed E-state index contributed by atoms with van der Waals surface area (Å²) >= 11 is 7.20. The van der Waals surface area contributed by atoms with Gasteiger partial charge in [-0.2, -0.15) is 0 Å². The van der Waals surface area contributed by atoms with Crippen molar-refractivity contribution < 1.29 is 9.47 Å². The van der Waals surface area contributed by atoms with E-state index in [4.69, 9.17) is 21.7 Å². The van der Waals surface area contributed by atoms with E-state index in [1.807, 2.05) is 36.5 Å². The molecule has 0 spiro atoms. The van der Waals surface area contributed by atoms with E-state index >= 15 is 0 Å². The molecule has 25 heavy (non-hydrogen) atoms. The Morgan fingerprint density at radius 2 is 1.96 bits per heavy atom. The molecule has 3 rings (SSSR count). The fourth-order valence-electron chi connectivity index (χ4n) is 2.71. The first kappa shape index (κ1) is 18.0. The van der Waals surface area contributed by atoms with Crippen LogP contribution in [0.15, 0.2) is 42.6 Å². The van der Waals surface area contributed by atoms with Gasteiger partial charge in [-0.25, -0.2) is 0 Å². The van der Waals surface area contributed by atoms with Crippen LogP contribution < -0.4 is 9.47 Å². The van der Waals surface area contributed by atoms with E-state index < -0.39 is 0 Å². The van der Waals surface area contributed by atoms with Crippen LogP contribution in [-0.2, 0) is 13.1 Å². The van der Waals surface area contributed by atoms with Crippen LogP contribution in [0.1, 0.15) is 11.3 Å². The molecule has 0 N–H and O–H groups in total. The minimum atomic E-state index is 0.731. The number of thioether (sulfide) groups is 1. The summed E-state index contributed by atoms with van der Waals surface area (Å²) < 4.78 is 11.6. The standard InChI is InChI=1S/C18H21N3O2S2/c1-22-16-7-6-14(9-17(16)23-2)10-20-12-21(18(24)25-13-20)11-15-5-3-4-8-19-15/h3-9H,10-13H2,1-2H3. The second kappa shape index (κ2) is 8.51. The zero-order valence-corrected chi connectivity index (χ0v) is 16.0. The van der Waals surface area contributed by atoms with Crippen molar-refractivity contribution in [3.8, 4) is 11.5 Å². The van der Waals surface area contributed by atoms with Gasteiger partial charge in [-0.1, -0.05) is 36.1 Å². The summed E-state index contributed by atoms with van der Waals surface area (Å²) in [4.78, 5) is 8.94. The van der Waals surface area contributed by atoms with Crippen molar-refractivity contribution in [3.05, 3.63) is 53.9 Å². The summed E-state index contributed by atoms with van der Waals surface area (Å²) in [6.45, 7) is 2.35. The van der Waals surface area contributed by atoms with E-state index in [1.54, 1.807) is 26.0 Å². The average molecular weight is 376 g/mol. The molecule has 0 saturated carbocycles. The number of aromatic nitrogens is 1. The van der Waals surface area contributed by atoms with Crippen molar-refractivity contribution in [1.82, 2.24) is 14.8 Å². The number of ether oxygens (including phenoxy) is 2. The lowest BCUT2D eigenvalue weighted by Gasteiger charge is -2.36. The molecule has 1 saturated heterocycles. The molecule has 132 valence electrons. The van der Waals surface area contributed by atoms with Crippen LogP contribution in [0, 0.1) is 0 Å². The molecule has 5 nitrogen and oxygen atoms in total. The Morgan fingerprint density at radius 1 is 1.12 bits per heavy atom. The fourth-order valence-corrected chi connectivity index (χ4v) is 3.76. The molecule has 1 fully saturated rings. The SMILES string of the molecule is COc1ccc(CN2CSC(=S)N(Cc3ccccn3)C2)cc1OC. The van der Waals surface area contributed by atoms with E-state index in [1.165, 1.54) is 5.56 Å². The highest BCUT2D eigenvalue weighted by Crippen LogP contribution is 2.29. The Bertz CT molecular complexity index is 728. The highest BCUT2D eigenvalue weighted by atomic mass is 32.2. The van der Waals surface area contributed by atoms with Crippen molar-refractivity contribution in [3.63, 3.8) is 0 Å². The van der Waals surface area contributed by atoms with Crippen LogP contribution in [0.5, 0.6) is 11.5 Å². The third-order valence-electron chi connectivity index (χ3n) is 3.93. The van der Waals surface area contributed by atoms with Crippen molar-refractivity contribution in [2.75, 3.05) is 26.8 Å². The lowest BCUT2D eigenvalue weighted by molar-refractivity contribution is 0.199. The summed E-state index contributed by atoms with van der Waals surface area (Å²) in [5.41, 5.74) is 2.21. The third kappa shape index (κ3) is 4.62. The van der Waals surface area contributed by atoms with Gasteiger partial charge in [0.15, 0.2) is 11.5 Å². The third-order valence-corrected chi connectivity index (χ3v) is 5.54.